The van der Waals surface area contributed by atoms with Crippen molar-refractivity contribution in [1.82, 2.24) is 5.32 Å². The molecule has 0 spiro atoms. The summed E-state index contributed by atoms with van der Waals surface area (Å²) in [5.41, 5.74) is -0.375. The number of anilines is 2. The van der Waals surface area contributed by atoms with Crippen molar-refractivity contribution < 1.29 is 28.3 Å². The van der Waals surface area contributed by atoms with Gasteiger partial charge in [0.15, 0.2) is 0 Å². The normalized spacial score (nSPS) is 20.5. The van der Waals surface area contributed by atoms with Gasteiger partial charge in [-0.15, -0.1) is 0 Å². The lowest BCUT2D eigenvalue weighted by atomic mass is 10.0. The molecule has 1 fully saturated rings. The summed E-state index contributed by atoms with van der Waals surface area (Å²) >= 11 is 5.64. The van der Waals surface area contributed by atoms with Crippen molar-refractivity contribution in [1.29, 1.82) is 0 Å². The van der Waals surface area contributed by atoms with Crippen LogP contribution in [0.5, 0.6) is 0 Å². The van der Waals surface area contributed by atoms with Crippen molar-refractivity contribution in [2.75, 3.05) is 16.8 Å². The van der Waals surface area contributed by atoms with Crippen molar-refractivity contribution in [2.24, 2.45) is 0 Å². The molecule has 3 amide bonds. The summed E-state index contributed by atoms with van der Waals surface area (Å²) in [6.45, 7) is -0.274. The van der Waals surface area contributed by atoms with Crippen LogP contribution >= 0.6 is 11.6 Å². The standard InChI is InChI=1S/C21H18ClF2N3O4/c22-14-8-12(15(23)9-16(14)24)10-25-19(29)21(31)5-6-27(20(21)30)13-2-3-17-11(7-13)1-4-18(28)26-17/h2-3,7-9,31H,1,4-6,10H2,(H,25,29)(H,26,28)/t21-/m0/s1. The maximum atomic E-state index is 13.9. The van der Waals surface area contributed by atoms with E-state index in [1.807, 2.05) is 0 Å². The molecule has 0 saturated carbocycles. The van der Waals surface area contributed by atoms with Crippen LogP contribution in [0.25, 0.3) is 0 Å². The van der Waals surface area contributed by atoms with E-state index in [0.717, 1.165) is 11.6 Å². The first-order chi connectivity index (χ1) is 14.7. The monoisotopic (exact) mass is 449 g/mol. The minimum absolute atomic E-state index is 0.0811. The number of aliphatic hydroxyl groups is 1. The fraction of sp³-hybridized carbons (Fsp3) is 0.286. The van der Waals surface area contributed by atoms with Crippen LogP contribution < -0.4 is 15.5 Å². The maximum Gasteiger partial charge on any atom is 0.268 e. The molecule has 3 N–H and O–H groups in total. The number of aryl methyl sites for hydroxylation is 1. The van der Waals surface area contributed by atoms with Crippen molar-refractivity contribution >= 4 is 40.7 Å². The highest BCUT2D eigenvalue weighted by atomic mass is 35.5. The zero-order valence-electron chi connectivity index (χ0n) is 16.2. The smallest absolute Gasteiger partial charge is 0.268 e. The molecule has 0 radical (unpaired) electrons. The molecule has 7 nitrogen and oxygen atoms in total. The molecular weight excluding hydrogens is 432 g/mol. The third kappa shape index (κ3) is 3.86. The van der Waals surface area contributed by atoms with E-state index >= 15 is 0 Å². The molecule has 0 aliphatic carbocycles. The van der Waals surface area contributed by atoms with Crippen molar-refractivity contribution in [2.45, 2.75) is 31.4 Å². The number of carbonyl (C=O) groups excluding carboxylic acids is 3. The predicted octanol–water partition coefficient (Wildman–Crippen LogP) is 2.29. The molecule has 1 atom stereocenters. The molecule has 2 aromatic carbocycles. The number of carbonyl (C=O) groups is 3. The Labute approximate surface area is 181 Å². The van der Waals surface area contributed by atoms with Gasteiger partial charge in [-0.1, -0.05) is 11.6 Å². The third-order valence-corrected chi connectivity index (χ3v) is 5.79. The predicted molar refractivity (Wildman–Crippen MR) is 109 cm³/mol. The van der Waals surface area contributed by atoms with Crippen molar-refractivity contribution in [3.05, 3.63) is 58.1 Å². The fourth-order valence-corrected chi connectivity index (χ4v) is 3.91. The lowest BCUT2D eigenvalue weighted by molar-refractivity contribution is -0.149. The van der Waals surface area contributed by atoms with Gasteiger partial charge in [0.1, 0.15) is 11.6 Å². The van der Waals surface area contributed by atoms with E-state index in [-0.39, 0.29) is 36.0 Å². The molecule has 2 aromatic rings. The first-order valence-corrected chi connectivity index (χ1v) is 9.95. The largest absolute Gasteiger partial charge is 0.372 e. The Morgan fingerprint density at radius 2 is 1.97 bits per heavy atom. The van der Waals surface area contributed by atoms with Crippen LogP contribution in [0.3, 0.4) is 0 Å². The molecule has 2 aliphatic rings. The number of hydrogen-bond donors (Lipinski definition) is 3. The van der Waals surface area contributed by atoms with Crippen LogP contribution in [0, 0.1) is 11.6 Å². The topological polar surface area (TPSA) is 98.7 Å². The van der Waals surface area contributed by atoms with Crippen LogP contribution in [0.4, 0.5) is 20.2 Å². The molecule has 4 rings (SSSR count). The second-order valence-corrected chi connectivity index (χ2v) is 7.90. The molecule has 0 aromatic heterocycles. The van der Waals surface area contributed by atoms with Gasteiger partial charge in [-0.2, -0.15) is 0 Å². The van der Waals surface area contributed by atoms with Gasteiger partial charge in [0.25, 0.3) is 11.8 Å². The first kappa shape index (κ1) is 21.2. The molecule has 0 bridgehead atoms. The molecule has 1 saturated heterocycles. The highest BCUT2D eigenvalue weighted by Gasteiger charge is 2.51. The van der Waals surface area contributed by atoms with Crippen molar-refractivity contribution in [3.63, 3.8) is 0 Å². The number of rotatable bonds is 4. The van der Waals surface area contributed by atoms with E-state index in [4.69, 9.17) is 11.6 Å². The van der Waals surface area contributed by atoms with Gasteiger partial charge >= 0.3 is 0 Å². The molecule has 10 heteroatoms. The number of nitrogens with one attached hydrogen (secondary N) is 2. The van der Waals surface area contributed by atoms with Gasteiger partial charge in [-0.25, -0.2) is 8.78 Å². The summed E-state index contributed by atoms with van der Waals surface area (Å²) < 4.78 is 27.1. The van der Waals surface area contributed by atoms with E-state index < -0.39 is 29.0 Å². The Balaban J connectivity index is 1.48. The highest BCUT2D eigenvalue weighted by Crippen LogP contribution is 2.33. The number of amides is 3. The molecule has 31 heavy (non-hydrogen) atoms. The van der Waals surface area contributed by atoms with Crippen LogP contribution in [0.1, 0.15) is 24.0 Å². The Bertz CT molecular complexity index is 1110. The maximum absolute atomic E-state index is 13.9. The van der Waals surface area contributed by atoms with Crippen LogP contribution in [-0.4, -0.2) is 35.0 Å². The van der Waals surface area contributed by atoms with Gasteiger partial charge in [0.2, 0.25) is 11.5 Å². The van der Waals surface area contributed by atoms with Gasteiger partial charge in [-0.3, -0.25) is 14.4 Å². The second-order valence-electron chi connectivity index (χ2n) is 7.50. The van der Waals surface area contributed by atoms with E-state index in [0.29, 0.717) is 30.3 Å². The zero-order valence-corrected chi connectivity index (χ0v) is 16.9. The molecule has 2 heterocycles. The van der Waals surface area contributed by atoms with E-state index in [9.17, 15) is 28.3 Å². The van der Waals surface area contributed by atoms with Gasteiger partial charge in [0.05, 0.1) is 5.02 Å². The lowest BCUT2D eigenvalue weighted by Crippen LogP contribution is -2.52. The molecule has 2 aliphatic heterocycles. The number of benzene rings is 2. The fourth-order valence-electron chi connectivity index (χ4n) is 3.72. The summed E-state index contributed by atoms with van der Waals surface area (Å²) in [5, 5.41) is 15.5. The van der Waals surface area contributed by atoms with Crippen molar-refractivity contribution in [3.8, 4) is 0 Å². The first-order valence-electron chi connectivity index (χ1n) is 9.58. The Kier molecular flexibility index (Phi) is 5.40. The summed E-state index contributed by atoms with van der Waals surface area (Å²) in [4.78, 5) is 38.2. The van der Waals surface area contributed by atoms with Gasteiger partial charge in [-0.05, 0) is 36.2 Å². The van der Waals surface area contributed by atoms with E-state index in [1.165, 1.54) is 4.90 Å². The number of hydrogen-bond acceptors (Lipinski definition) is 4. The van der Waals surface area contributed by atoms with Crippen LogP contribution in [0.15, 0.2) is 30.3 Å². The minimum atomic E-state index is -2.32. The van der Waals surface area contributed by atoms with Gasteiger partial charge in [0, 0.05) is 48.9 Å². The van der Waals surface area contributed by atoms with Crippen LogP contribution in [0.2, 0.25) is 5.02 Å². The highest BCUT2D eigenvalue weighted by molar-refractivity contribution is 6.30. The summed E-state index contributed by atoms with van der Waals surface area (Å²) in [7, 11) is 0. The lowest BCUT2D eigenvalue weighted by Gasteiger charge is -2.24. The Morgan fingerprint density at radius 3 is 2.74 bits per heavy atom. The summed E-state index contributed by atoms with van der Waals surface area (Å²) in [5.74, 6) is -3.70. The number of fused-ring (bicyclic) bond motifs is 1. The zero-order chi connectivity index (χ0) is 22.3. The molecule has 162 valence electrons. The Hall–Kier alpha value is -3.04. The third-order valence-electron chi connectivity index (χ3n) is 5.50. The quantitative estimate of drug-likeness (QED) is 0.492. The SMILES string of the molecule is O=C1CCc2cc(N3CC[C@](O)(C(=O)NCc4cc(Cl)c(F)cc4F)C3=O)ccc2N1. The van der Waals surface area contributed by atoms with E-state index in [1.54, 1.807) is 18.2 Å². The number of nitrogens with zero attached hydrogens (tertiary/aromatic N) is 1. The molecule has 0 unspecified atom stereocenters. The van der Waals surface area contributed by atoms with Crippen LogP contribution in [-0.2, 0) is 27.3 Å². The van der Waals surface area contributed by atoms with E-state index in [2.05, 4.69) is 10.6 Å². The average Bonchev–Trinajstić information content (AvgIpc) is 3.05. The molecular formula is C21H18ClF2N3O4. The summed E-state index contributed by atoms with van der Waals surface area (Å²) in [6, 6.07) is 6.67. The number of halogens is 3. The average molecular weight is 450 g/mol. The Morgan fingerprint density at radius 1 is 1.19 bits per heavy atom. The second kappa shape index (κ2) is 7.90. The van der Waals surface area contributed by atoms with Gasteiger partial charge < -0.3 is 20.6 Å². The minimum Gasteiger partial charge on any atom is -0.372 e. The summed E-state index contributed by atoms with van der Waals surface area (Å²) in [6.07, 6.45) is 0.701.